The van der Waals surface area contributed by atoms with Crippen molar-refractivity contribution < 1.29 is 22.0 Å². The zero-order chi connectivity index (χ0) is 23.2. The average Bonchev–Trinajstić information content (AvgIpc) is 2.68. The normalized spacial score (nSPS) is 21.7. The van der Waals surface area contributed by atoms with Crippen molar-refractivity contribution in [3.05, 3.63) is 70.3 Å². The summed E-state index contributed by atoms with van der Waals surface area (Å²) in [6, 6.07) is 4.91. The van der Waals surface area contributed by atoms with Gasteiger partial charge in [-0.2, -0.15) is 0 Å². The molecule has 2 N–H and O–H groups in total. The van der Waals surface area contributed by atoms with Gasteiger partial charge in [-0.05, 0) is 44.5 Å². The minimum atomic E-state index is -3.83. The van der Waals surface area contributed by atoms with Crippen LogP contribution in [0.4, 0.5) is 14.5 Å². The Morgan fingerprint density at radius 2 is 1.94 bits per heavy atom. The highest BCUT2D eigenvalue weighted by atomic mass is 32.2. The summed E-state index contributed by atoms with van der Waals surface area (Å²) in [4.78, 5) is 23.8. The van der Waals surface area contributed by atoms with Gasteiger partial charge in [0.1, 0.15) is 21.8 Å². The summed E-state index contributed by atoms with van der Waals surface area (Å²) < 4.78 is 53.2. The van der Waals surface area contributed by atoms with E-state index in [0.717, 1.165) is 6.07 Å². The average molecular weight is 446 g/mol. The Hall–Kier alpha value is -3.19. The molecule has 0 saturated heterocycles. The van der Waals surface area contributed by atoms with Gasteiger partial charge in [-0.25, -0.2) is 22.0 Å². The highest BCUT2D eigenvalue weighted by molar-refractivity contribution is 7.93. The van der Waals surface area contributed by atoms with Gasteiger partial charge < -0.3 is 5.73 Å². The number of rotatable bonds is 4. The summed E-state index contributed by atoms with van der Waals surface area (Å²) in [5.74, 6) is -3.72. The molecule has 0 radical (unpaired) electrons. The Kier molecular flexibility index (Phi) is 5.44. The van der Waals surface area contributed by atoms with Crippen LogP contribution in [0, 0.1) is 18.2 Å². The topological polar surface area (TPSA) is 107 Å². The zero-order valence-corrected chi connectivity index (χ0v) is 17.9. The lowest BCUT2D eigenvalue weighted by molar-refractivity contribution is 0.0988. The number of hydrogen-bond donors (Lipinski definition) is 1. The first-order valence-corrected chi connectivity index (χ1v) is 10.9. The lowest BCUT2D eigenvalue weighted by Gasteiger charge is -2.38. The molecule has 10 heteroatoms. The molecule has 0 saturated carbocycles. The molecule has 0 spiro atoms. The number of Topliss-reactive ketones (excluding diaryl/α,β-unsaturated/α-hetero) is 1. The van der Waals surface area contributed by atoms with Crippen molar-refractivity contribution in [3.63, 3.8) is 0 Å². The van der Waals surface area contributed by atoms with E-state index in [-0.39, 0.29) is 34.8 Å². The number of aromatic nitrogens is 1. The summed E-state index contributed by atoms with van der Waals surface area (Å²) in [5, 5.41) is 0. The monoisotopic (exact) mass is 446 g/mol. The van der Waals surface area contributed by atoms with Crippen LogP contribution in [-0.4, -0.2) is 35.5 Å². The van der Waals surface area contributed by atoms with Gasteiger partial charge in [0.15, 0.2) is 27.3 Å². The molecule has 2 heterocycles. The number of pyridine rings is 1. The van der Waals surface area contributed by atoms with E-state index in [1.807, 2.05) is 0 Å². The number of nitrogens with zero attached hydrogens (tertiary/aromatic N) is 3. The van der Waals surface area contributed by atoms with Crippen LogP contribution >= 0.6 is 0 Å². The van der Waals surface area contributed by atoms with Crippen molar-refractivity contribution in [1.29, 1.82) is 0 Å². The molecule has 0 unspecified atom stereocenters. The van der Waals surface area contributed by atoms with Gasteiger partial charge in [-0.3, -0.25) is 14.8 Å². The van der Waals surface area contributed by atoms with Crippen LogP contribution in [0.5, 0.6) is 0 Å². The molecule has 162 valence electrons. The fourth-order valence-corrected chi connectivity index (χ4v) is 5.00. The van der Waals surface area contributed by atoms with E-state index < -0.39 is 43.3 Å². The van der Waals surface area contributed by atoms with Crippen molar-refractivity contribution in [2.24, 2.45) is 10.7 Å². The maximum Gasteiger partial charge on any atom is 0.205 e. The number of carbonyl (C=O) groups is 1. The number of hydrogen-bond acceptors (Lipinski definition) is 6. The third kappa shape index (κ3) is 3.93. The van der Waals surface area contributed by atoms with Crippen molar-refractivity contribution in [1.82, 2.24) is 4.98 Å². The minimum absolute atomic E-state index is 0.0640. The van der Waals surface area contributed by atoms with Gasteiger partial charge >= 0.3 is 0 Å². The van der Waals surface area contributed by atoms with E-state index in [9.17, 15) is 22.0 Å². The van der Waals surface area contributed by atoms with Crippen LogP contribution in [0.1, 0.15) is 42.4 Å². The summed E-state index contributed by atoms with van der Waals surface area (Å²) in [6.45, 7) is 11.1. The van der Waals surface area contributed by atoms with Gasteiger partial charge in [0.25, 0.3) is 0 Å². The molecule has 0 bridgehead atoms. The predicted molar refractivity (Wildman–Crippen MR) is 112 cm³/mol. The van der Waals surface area contributed by atoms with Crippen LogP contribution in [0.15, 0.2) is 35.5 Å². The Morgan fingerprint density at radius 3 is 2.48 bits per heavy atom. The highest BCUT2D eigenvalue weighted by Gasteiger charge is 2.49. The van der Waals surface area contributed by atoms with Gasteiger partial charge in [-0.15, -0.1) is 0 Å². The molecule has 1 aromatic heterocycles. The molecule has 1 aromatic carbocycles. The second-order valence-electron chi connectivity index (χ2n) is 8.09. The van der Waals surface area contributed by atoms with Gasteiger partial charge in [0.05, 0.1) is 12.3 Å². The number of carbonyl (C=O) groups excluding carboxylic acids is 1. The van der Waals surface area contributed by atoms with Crippen LogP contribution < -0.4 is 5.73 Å². The lowest BCUT2D eigenvalue weighted by atomic mass is 9.90. The van der Waals surface area contributed by atoms with Crippen molar-refractivity contribution in [2.45, 2.75) is 37.5 Å². The first kappa shape index (κ1) is 22.5. The van der Waals surface area contributed by atoms with Crippen molar-refractivity contribution >= 4 is 27.1 Å². The summed E-state index contributed by atoms with van der Waals surface area (Å²) >= 11 is 0. The molecular weight excluding hydrogens is 426 g/mol. The summed E-state index contributed by atoms with van der Waals surface area (Å²) in [7, 11) is -3.83. The summed E-state index contributed by atoms with van der Waals surface area (Å²) in [6.07, 6.45) is 0.937. The second-order valence-corrected chi connectivity index (χ2v) is 10.6. The molecule has 31 heavy (non-hydrogen) atoms. The Balaban J connectivity index is 2.03. The molecule has 2 aromatic rings. The van der Waals surface area contributed by atoms with Crippen molar-refractivity contribution in [3.8, 4) is 0 Å². The van der Waals surface area contributed by atoms with Crippen molar-refractivity contribution in [2.75, 3.05) is 5.75 Å². The third-order valence-corrected chi connectivity index (χ3v) is 8.13. The molecule has 1 aliphatic rings. The lowest BCUT2D eigenvalue weighted by Crippen LogP contribution is -2.55. The Bertz CT molecular complexity index is 1250. The van der Waals surface area contributed by atoms with E-state index in [4.69, 9.17) is 12.3 Å². The van der Waals surface area contributed by atoms with Crippen LogP contribution in [0.3, 0.4) is 0 Å². The Morgan fingerprint density at radius 1 is 1.26 bits per heavy atom. The minimum Gasteiger partial charge on any atom is -0.386 e. The quantitative estimate of drug-likeness (QED) is 0.574. The molecular formula is C21H20F2N4O3S. The number of ketones is 1. The van der Waals surface area contributed by atoms with Gasteiger partial charge in [0.2, 0.25) is 5.69 Å². The summed E-state index contributed by atoms with van der Waals surface area (Å²) in [5.41, 5.74) is 4.38. The highest BCUT2D eigenvalue weighted by Crippen LogP contribution is 2.38. The number of sulfone groups is 1. The third-order valence-electron chi connectivity index (χ3n) is 5.43. The smallest absolute Gasteiger partial charge is 0.205 e. The largest absolute Gasteiger partial charge is 0.386 e. The standard InChI is InChI=1S/C21H20F2N4O3S/c1-20(2)19(24)27-21(3,11-31(20,29)30)14-7-12(8-15(22)18(14)23)9-17(28)16-6-5-13(25-4)10-26-16/h5-8,10H,9,11H2,1-3H3,(H2,24,27)/t21-/m0/s1. The van der Waals surface area contributed by atoms with Crippen LogP contribution in [-0.2, 0) is 21.8 Å². The Labute approximate surface area is 178 Å². The molecule has 7 nitrogen and oxygen atoms in total. The number of nitrogens with two attached hydrogens (primary N) is 1. The van der Waals surface area contributed by atoms with E-state index in [0.29, 0.717) is 0 Å². The maximum absolute atomic E-state index is 14.7. The predicted octanol–water partition coefficient (Wildman–Crippen LogP) is 3.12. The second kappa shape index (κ2) is 7.50. The van der Waals surface area contributed by atoms with Gasteiger partial charge in [-0.1, -0.05) is 6.07 Å². The van der Waals surface area contributed by atoms with E-state index in [1.165, 1.54) is 45.2 Å². The van der Waals surface area contributed by atoms with Gasteiger partial charge in [0, 0.05) is 18.2 Å². The molecule has 0 aliphatic carbocycles. The number of halogens is 2. The van der Waals surface area contributed by atoms with Crippen LogP contribution in [0.25, 0.3) is 4.85 Å². The first-order valence-electron chi connectivity index (χ1n) is 9.24. The number of amidine groups is 1. The SMILES string of the molecule is [C-]#[N+]c1ccc(C(=O)Cc2cc(F)c(F)c([C@]3(C)CS(=O)(=O)C(C)(C)C(N)=N3)c2)nc1. The molecule has 0 fully saturated rings. The number of benzene rings is 1. The molecule has 0 amide bonds. The van der Waals surface area contributed by atoms with E-state index in [1.54, 1.807) is 0 Å². The number of aliphatic imine (C=N–C) groups is 1. The van der Waals surface area contributed by atoms with E-state index >= 15 is 0 Å². The maximum atomic E-state index is 14.7. The van der Waals surface area contributed by atoms with Crippen LogP contribution in [0.2, 0.25) is 0 Å². The fourth-order valence-electron chi connectivity index (χ4n) is 3.31. The first-order chi connectivity index (χ1) is 14.3. The van der Waals surface area contributed by atoms with E-state index in [2.05, 4.69) is 14.8 Å². The molecule has 1 aliphatic heterocycles. The molecule has 1 atom stereocenters. The zero-order valence-electron chi connectivity index (χ0n) is 17.1. The molecule has 3 rings (SSSR count). The fraction of sp³-hybridized carbons (Fsp3) is 0.333.